The summed E-state index contributed by atoms with van der Waals surface area (Å²) in [7, 11) is 1.10. The van der Waals surface area contributed by atoms with E-state index in [1.807, 2.05) is 78.9 Å². The molecule has 8 heteroatoms. The van der Waals surface area contributed by atoms with Gasteiger partial charge in [0.2, 0.25) is 0 Å². The van der Waals surface area contributed by atoms with E-state index < -0.39 is 20.2 Å². The molecule has 0 radical (unpaired) electrons. The second kappa shape index (κ2) is 14.5. The lowest BCUT2D eigenvalue weighted by atomic mass is 9.80. The van der Waals surface area contributed by atoms with Crippen LogP contribution in [0, 0.1) is 0 Å². The van der Waals surface area contributed by atoms with E-state index in [0.29, 0.717) is 6.61 Å². The van der Waals surface area contributed by atoms with Crippen molar-refractivity contribution in [3.63, 3.8) is 0 Å². The molecule has 0 bridgehead atoms. The summed E-state index contributed by atoms with van der Waals surface area (Å²) < 4.78 is 30.2. The van der Waals surface area contributed by atoms with Crippen molar-refractivity contribution >= 4 is 40.8 Å². The predicted octanol–water partition coefficient (Wildman–Crippen LogP) is 8.69. The van der Waals surface area contributed by atoms with Gasteiger partial charge in [0.1, 0.15) is 23.2 Å². The van der Waals surface area contributed by atoms with Crippen molar-refractivity contribution in [2.75, 3.05) is 27.4 Å². The first-order chi connectivity index (χ1) is 24.0. The number of rotatable bonds is 14. The SMILES string of the molecule is COc1ccc(C(OCC(COCc2cc3cccc4ccc5cccc2c5c43)OP(N)O)(c2ccccc2)c2ccc(OC)cc2)cc1. The fourth-order valence-corrected chi connectivity index (χ4v) is 7.24. The summed E-state index contributed by atoms with van der Waals surface area (Å²) in [5.74, 6) is 1.46. The Labute approximate surface area is 287 Å². The molecule has 7 aromatic rings. The lowest BCUT2D eigenvalue weighted by molar-refractivity contribution is -0.0568. The number of ether oxygens (including phenoxy) is 4. The van der Waals surface area contributed by atoms with Gasteiger partial charge < -0.3 is 28.4 Å². The molecule has 2 unspecified atom stereocenters. The quantitative estimate of drug-likeness (QED) is 0.0679. The van der Waals surface area contributed by atoms with Gasteiger partial charge in [-0.15, -0.1) is 0 Å². The van der Waals surface area contributed by atoms with Gasteiger partial charge in [-0.05, 0) is 84.9 Å². The summed E-state index contributed by atoms with van der Waals surface area (Å²) in [6.07, 6.45) is -0.670. The molecular formula is C41H38NO6P. The van der Waals surface area contributed by atoms with Crippen LogP contribution in [0.2, 0.25) is 0 Å². The van der Waals surface area contributed by atoms with E-state index in [-0.39, 0.29) is 13.2 Å². The summed E-state index contributed by atoms with van der Waals surface area (Å²) in [6, 6.07) is 45.0. The highest BCUT2D eigenvalue weighted by molar-refractivity contribution is 7.43. The van der Waals surface area contributed by atoms with Crippen LogP contribution in [0.1, 0.15) is 22.3 Å². The molecule has 0 aliphatic heterocycles. The van der Waals surface area contributed by atoms with E-state index in [4.69, 9.17) is 29.0 Å². The minimum atomic E-state index is -2.19. The van der Waals surface area contributed by atoms with Crippen molar-refractivity contribution in [3.05, 3.63) is 156 Å². The Morgan fingerprint density at radius 2 is 1.20 bits per heavy atom. The lowest BCUT2D eigenvalue weighted by Crippen LogP contribution is -2.37. The fourth-order valence-electron chi connectivity index (χ4n) is 6.81. The van der Waals surface area contributed by atoms with E-state index in [2.05, 4.69) is 54.6 Å². The summed E-state index contributed by atoms with van der Waals surface area (Å²) in [5.41, 5.74) is 8.54. The minimum Gasteiger partial charge on any atom is -0.497 e. The maximum Gasteiger partial charge on any atom is 0.250 e. The van der Waals surface area contributed by atoms with Gasteiger partial charge >= 0.3 is 0 Å². The molecule has 0 aliphatic carbocycles. The van der Waals surface area contributed by atoms with E-state index in [1.54, 1.807) is 14.2 Å². The highest BCUT2D eigenvalue weighted by Gasteiger charge is 2.39. The Morgan fingerprint density at radius 1 is 0.633 bits per heavy atom. The van der Waals surface area contributed by atoms with Crippen LogP contribution in [0.5, 0.6) is 11.5 Å². The zero-order chi connectivity index (χ0) is 33.8. The molecule has 248 valence electrons. The van der Waals surface area contributed by atoms with Gasteiger partial charge in [0.05, 0.1) is 34.0 Å². The van der Waals surface area contributed by atoms with E-state index in [0.717, 1.165) is 39.1 Å². The largest absolute Gasteiger partial charge is 0.497 e. The van der Waals surface area contributed by atoms with E-state index >= 15 is 0 Å². The van der Waals surface area contributed by atoms with Crippen LogP contribution in [0.25, 0.3) is 32.3 Å². The van der Waals surface area contributed by atoms with Crippen molar-refractivity contribution in [3.8, 4) is 11.5 Å². The van der Waals surface area contributed by atoms with Gasteiger partial charge in [-0.1, -0.05) is 103 Å². The molecule has 3 N–H and O–H groups in total. The normalized spacial score (nSPS) is 13.2. The van der Waals surface area contributed by atoms with Gasteiger partial charge in [-0.3, -0.25) is 5.50 Å². The van der Waals surface area contributed by atoms with Crippen molar-refractivity contribution in [2.45, 2.75) is 18.3 Å². The predicted molar refractivity (Wildman–Crippen MR) is 196 cm³/mol. The smallest absolute Gasteiger partial charge is 0.250 e. The molecule has 0 fully saturated rings. The number of hydrogen-bond donors (Lipinski definition) is 2. The Balaban J connectivity index is 1.20. The summed E-state index contributed by atoms with van der Waals surface area (Å²) >= 11 is 0. The van der Waals surface area contributed by atoms with Crippen LogP contribution >= 0.6 is 8.53 Å². The number of nitrogens with two attached hydrogens (primary N) is 1. The fraction of sp³-hybridized carbons (Fsp3) is 0.171. The first-order valence-corrected chi connectivity index (χ1v) is 17.4. The molecule has 7 aromatic carbocycles. The van der Waals surface area contributed by atoms with Crippen LogP contribution in [-0.4, -0.2) is 38.4 Å². The highest BCUT2D eigenvalue weighted by atomic mass is 31.2. The summed E-state index contributed by atoms with van der Waals surface area (Å²) in [4.78, 5) is 10.2. The third-order valence-corrected chi connectivity index (χ3v) is 9.59. The van der Waals surface area contributed by atoms with Crippen LogP contribution in [0.15, 0.2) is 133 Å². The molecule has 7 rings (SSSR count). The Kier molecular flexibility index (Phi) is 9.74. The van der Waals surface area contributed by atoms with Gasteiger partial charge in [0, 0.05) is 0 Å². The molecule has 7 nitrogen and oxygen atoms in total. The first-order valence-electron chi connectivity index (χ1n) is 16.1. The highest BCUT2D eigenvalue weighted by Crippen LogP contribution is 2.42. The van der Waals surface area contributed by atoms with Crippen LogP contribution < -0.4 is 15.0 Å². The average molecular weight is 672 g/mol. The summed E-state index contributed by atoms with van der Waals surface area (Å²) in [6.45, 7) is 0.560. The Morgan fingerprint density at radius 3 is 1.82 bits per heavy atom. The molecule has 0 aromatic heterocycles. The Hall–Kier alpha value is -4.59. The molecular weight excluding hydrogens is 633 g/mol. The zero-order valence-corrected chi connectivity index (χ0v) is 28.3. The lowest BCUT2D eigenvalue weighted by Gasteiger charge is -2.37. The van der Waals surface area contributed by atoms with Gasteiger partial charge in [0.25, 0.3) is 8.53 Å². The number of methoxy groups -OCH3 is 2. The summed E-state index contributed by atoms with van der Waals surface area (Å²) in [5, 5.41) is 7.23. The third-order valence-electron chi connectivity index (χ3n) is 9.07. The topological polar surface area (TPSA) is 92.4 Å². The zero-order valence-electron chi connectivity index (χ0n) is 27.4. The Bertz CT molecular complexity index is 2090. The van der Waals surface area contributed by atoms with Crippen molar-refractivity contribution in [1.29, 1.82) is 0 Å². The number of hydrogen-bond acceptors (Lipinski definition) is 7. The molecule has 2 atom stereocenters. The molecule has 0 amide bonds. The average Bonchev–Trinajstić information content (AvgIpc) is 3.15. The molecule has 0 heterocycles. The van der Waals surface area contributed by atoms with Crippen molar-refractivity contribution < 1.29 is 28.4 Å². The van der Waals surface area contributed by atoms with Gasteiger partial charge in [-0.25, -0.2) is 0 Å². The monoisotopic (exact) mass is 671 g/mol. The standard InChI is InChI=1S/C41H38NO6P/c1-44-35-20-16-33(17-21-35)41(32-11-4-3-5-12-32,34-18-22-36(45-2)23-19-34)47-27-37(48-49(42)43)26-46-25-31-24-30-10-6-8-28-14-15-29-9-7-13-38(31)40(29)39(28)30/h3-24,37,43H,25-27,42H2,1-2H3. The van der Waals surface area contributed by atoms with E-state index in [9.17, 15) is 4.89 Å². The second-order valence-electron chi connectivity index (χ2n) is 11.9. The van der Waals surface area contributed by atoms with Gasteiger partial charge in [0.15, 0.2) is 0 Å². The second-order valence-corrected chi connectivity index (χ2v) is 12.8. The van der Waals surface area contributed by atoms with Crippen LogP contribution in [0.3, 0.4) is 0 Å². The maximum absolute atomic E-state index is 10.2. The van der Waals surface area contributed by atoms with Crippen molar-refractivity contribution in [1.82, 2.24) is 0 Å². The third kappa shape index (κ3) is 6.57. The van der Waals surface area contributed by atoms with Crippen LogP contribution in [-0.2, 0) is 26.2 Å². The van der Waals surface area contributed by atoms with Crippen LogP contribution in [0.4, 0.5) is 0 Å². The first kappa shape index (κ1) is 32.9. The maximum atomic E-state index is 10.2. The molecule has 0 aliphatic rings. The molecule has 0 saturated carbocycles. The van der Waals surface area contributed by atoms with Crippen molar-refractivity contribution in [2.24, 2.45) is 5.50 Å². The minimum absolute atomic E-state index is 0.0698. The molecule has 49 heavy (non-hydrogen) atoms. The molecule has 0 spiro atoms. The number of benzene rings is 7. The molecule has 0 saturated heterocycles. The van der Waals surface area contributed by atoms with E-state index in [1.165, 1.54) is 26.9 Å². The van der Waals surface area contributed by atoms with Gasteiger partial charge in [-0.2, -0.15) is 0 Å².